The van der Waals surface area contributed by atoms with Gasteiger partial charge < -0.3 is 14.7 Å². The third kappa shape index (κ3) is 4.21. The number of halogens is 1. The number of piperidine rings is 1. The van der Waals surface area contributed by atoms with Crippen LogP contribution in [0.2, 0.25) is 0 Å². The molecule has 112 valence electrons. The van der Waals surface area contributed by atoms with Crippen LogP contribution < -0.4 is 9.64 Å². The van der Waals surface area contributed by atoms with Gasteiger partial charge in [-0.1, -0.05) is 12.1 Å². The number of para-hydroxylation sites is 1. The molecule has 1 saturated heterocycles. The summed E-state index contributed by atoms with van der Waals surface area (Å²) < 4.78 is 6.63. The van der Waals surface area contributed by atoms with E-state index in [1.165, 1.54) is 24.2 Å². The van der Waals surface area contributed by atoms with Crippen molar-refractivity contribution in [2.45, 2.75) is 51.3 Å². The number of quaternary nitrogens is 1. The number of hydrogen-bond acceptors (Lipinski definition) is 2. The fourth-order valence-corrected chi connectivity index (χ4v) is 3.47. The maximum absolute atomic E-state index is 10.2. The molecule has 2 N–H and O–H groups in total. The molecular weight excluding hydrogens is 318 g/mol. The molecule has 1 fully saturated rings. The second kappa shape index (κ2) is 7.43. The Morgan fingerprint density at radius 2 is 1.95 bits per heavy atom. The Hall–Kier alpha value is -0.580. The third-order valence-corrected chi connectivity index (χ3v) is 4.93. The fourth-order valence-electron chi connectivity index (χ4n) is 3.07. The molecule has 0 bridgehead atoms. The van der Waals surface area contributed by atoms with Gasteiger partial charge in [-0.15, -0.1) is 0 Å². The zero-order chi connectivity index (χ0) is 14.5. The summed E-state index contributed by atoms with van der Waals surface area (Å²) in [6, 6.07) is 9.02. The summed E-state index contributed by atoms with van der Waals surface area (Å²) in [7, 11) is 0. The molecule has 2 rings (SSSR count). The highest BCUT2D eigenvalue weighted by atomic mass is 79.9. The molecule has 4 heteroatoms. The number of aliphatic hydroxyl groups is 1. The molecule has 0 saturated carbocycles. The summed E-state index contributed by atoms with van der Waals surface area (Å²) in [5.74, 6) is 0.793. The molecule has 1 aliphatic heterocycles. The second-order valence-corrected chi connectivity index (χ2v) is 6.76. The maximum Gasteiger partial charge on any atom is 0.137 e. The number of aliphatic hydroxyl groups excluding tert-OH is 1. The number of hydrogen-bond donors (Lipinski definition) is 2. The molecule has 0 amide bonds. The summed E-state index contributed by atoms with van der Waals surface area (Å²) in [5.41, 5.74) is 0. The number of ether oxygens (including phenoxy) is 1. The molecule has 1 aliphatic rings. The highest BCUT2D eigenvalue weighted by Crippen LogP contribution is 2.23. The van der Waals surface area contributed by atoms with E-state index in [1.807, 2.05) is 24.3 Å². The molecule has 1 aromatic rings. The average molecular weight is 343 g/mol. The first-order valence-corrected chi connectivity index (χ1v) is 8.28. The Labute approximate surface area is 130 Å². The van der Waals surface area contributed by atoms with Gasteiger partial charge in [0.25, 0.3) is 0 Å². The fraction of sp³-hybridized carbons (Fsp3) is 0.625. The van der Waals surface area contributed by atoms with Crippen molar-refractivity contribution < 1.29 is 14.7 Å². The highest BCUT2D eigenvalue weighted by Gasteiger charge is 2.30. The molecule has 1 heterocycles. The van der Waals surface area contributed by atoms with Crippen LogP contribution in [-0.2, 0) is 0 Å². The van der Waals surface area contributed by atoms with Crippen LogP contribution in [0.25, 0.3) is 0 Å². The molecule has 20 heavy (non-hydrogen) atoms. The lowest BCUT2D eigenvalue weighted by molar-refractivity contribution is -0.954. The van der Waals surface area contributed by atoms with Crippen LogP contribution in [0.4, 0.5) is 0 Å². The van der Waals surface area contributed by atoms with Crippen molar-refractivity contribution in [3.05, 3.63) is 28.7 Å². The van der Waals surface area contributed by atoms with E-state index in [4.69, 9.17) is 4.74 Å². The van der Waals surface area contributed by atoms with Crippen LogP contribution in [0.15, 0.2) is 28.7 Å². The van der Waals surface area contributed by atoms with Crippen molar-refractivity contribution in [3.8, 4) is 5.75 Å². The Morgan fingerprint density at radius 3 is 2.60 bits per heavy atom. The standard InChI is InChI=1S/C16H24BrNO2/c1-12-6-5-7-13(2)18(12)10-14(19)11-20-16-9-4-3-8-15(16)17/h3-4,8-9,12-14,19H,5-7,10-11H2,1-2H3/p+1/t12-,13-,14-/m0/s1. The monoisotopic (exact) mass is 342 g/mol. The zero-order valence-corrected chi connectivity index (χ0v) is 13.9. The van der Waals surface area contributed by atoms with E-state index in [0.29, 0.717) is 18.7 Å². The first-order chi connectivity index (χ1) is 9.58. The van der Waals surface area contributed by atoms with E-state index in [0.717, 1.165) is 16.8 Å². The van der Waals surface area contributed by atoms with Crippen molar-refractivity contribution in [1.82, 2.24) is 0 Å². The van der Waals surface area contributed by atoms with E-state index in [2.05, 4.69) is 29.8 Å². The smallest absolute Gasteiger partial charge is 0.137 e. The van der Waals surface area contributed by atoms with Crippen molar-refractivity contribution in [3.63, 3.8) is 0 Å². The normalized spacial score (nSPS) is 25.4. The summed E-state index contributed by atoms with van der Waals surface area (Å²) in [5, 5.41) is 10.2. The Bertz CT molecular complexity index is 417. The van der Waals surface area contributed by atoms with Crippen LogP contribution in [0.1, 0.15) is 33.1 Å². The molecule has 1 aromatic carbocycles. The van der Waals surface area contributed by atoms with E-state index < -0.39 is 6.10 Å². The molecule has 3 nitrogen and oxygen atoms in total. The highest BCUT2D eigenvalue weighted by molar-refractivity contribution is 9.10. The van der Waals surface area contributed by atoms with Gasteiger partial charge in [-0.25, -0.2) is 0 Å². The van der Waals surface area contributed by atoms with Crippen LogP contribution >= 0.6 is 15.9 Å². The van der Waals surface area contributed by atoms with Gasteiger partial charge in [-0.2, -0.15) is 0 Å². The summed E-state index contributed by atoms with van der Waals surface area (Å²) in [6.45, 7) is 5.69. The van der Waals surface area contributed by atoms with Crippen LogP contribution in [0.3, 0.4) is 0 Å². The first-order valence-electron chi connectivity index (χ1n) is 7.49. The largest absolute Gasteiger partial charge is 0.489 e. The van der Waals surface area contributed by atoms with E-state index >= 15 is 0 Å². The number of nitrogens with one attached hydrogen (secondary N) is 1. The van der Waals surface area contributed by atoms with Crippen LogP contribution in [-0.4, -0.2) is 36.4 Å². The van der Waals surface area contributed by atoms with Gasteiger partial charge in [-0.3, -0.25) is 0 Å². The van der Waals surface area contributed by atoms with Gasteiger partial charge in [0.15, 0.2) is 0 Å². The third-order valence-electron chi connectivity index (χ3n) is 4.28. The molecule has 0 radical (unpaired) electrons. The second-order valence-electron chi connectivity index (χ2n) is 5.91. The lowest BCUT2D eigenvalue weighted by Crippen LogP contribution is -3.20. The summed E-state index contributed by atoms with van der Waals surface area (Å²) >= 11 is 3.45. The van der Waals surface area contributed by atoms with Gasteiger partial charge in [0.05, 0.1) is 16.6 Å². The molecule has 3 atom stereocenters. The van der Waals surface area contributed by atoms with Crippen LogP contribution in [0.5, 0.6) is 5.75 Å². The molecule has 0 spiro atoms. The minimum absolute atomic E-state index is 0.353. The minimum atomic E-state index is -0.417. The van der Waals surface area contributed by atoms with Crippen molar-refractivity contribution in [1.29, 1.82) is 0 Å². The molecule has 0 aromatic heterocycles. The molecular formula is C16H25BrNO2+. The topological polar surface area (TPSA) is 33.9 Å². The van der Waals surface area contributed by atoms with Gasteiger partial charge in [0.1, 0.15) is 25.0 Å². The quantitative estimate of drug-likeness (QED) is 0.858. The minimum Gasteiger partial charge on any atom is -0.489 e. The predicted molar refractivity (Wildman–Crippen MR) is 84.2 cm³/mol. The number of likely N-dealkylation sites (tertiary alicyclic amines) is 1. The van der Waals surface area contributed by atoms with Gasteiger partial charge in [-0.05, 0) is 61.2 Å². The van der Waals surface area contributed by atoms with Gasteiger partial charge in [0, 0.05) is 0 Å². The predicted octanol–water partition coefficient (Wildman–Crippen LogP) is 2.03. The Kier molecular flexibility index (Phi) is 5.87. The van der Waals surface area contributed by atoms with Gasteiger partial charge in [0.2, 0.25) is 0 Å². The SMILES string of the molecule is C[C@H]1CCC[C@H](C)[NH+]1C[C@H](O)COc1ccccc1Br. The maximum atomic E-state index is 10.2. The summed E-state index contributed by atoms with van der Waals surface area (Å²) in [4.78, 5) is 1.51. The van der Waals surface area contributed by atoms with Gasteiger partial charge >= 0.3 is 0 Å². The Balaban J connectivity index is 1.83. The van der Waals surface area contributed by atoms with Crippen molar-refractivity contribution in [2.24, 2.45) is 0 Å². The van der Waals surface area contributed by atoms with Crippen LogP contribution in [0, 0.1) is 0 Å². The lowest BCUT2D eigenvalue weighted by atomic mass is 9.97. The van der Waals surface area contributed by atoms with E-state index in [-0.39, 0.29) is 0 Å². The average Bonchev–Trinajstić information content (AvgIpc) is 2.42. The van der Waals surface area contributed by atoms with E-state index in [9.17, 15) is 5.11 Å². The summed E-state index contributed by atoms with van der Waals surface area (Å²) in [6.07, 6.45) is 3.42. The number of benzene rings is 1. The molecule has 0 unspecified atom stereocenters. The first kappa shape index (κ1) is 15.8. The molecule has 0 aliphatic carbocycles. The lowest BCUT2D eigenvalue weighted by Gasteiger charge is -2.36. The Morgan fingerprint density at radius 1 is 1.30 bits per heavy atom. The van der Waals surface area contributed by atoms with E-state index in [1.54, 1.807) is 0 Å². The zero-order valence-electron chi connectivity index (χ0n) is 12.3. The van der Waals surface area contributed by atoms with Crippen molar-refractivity contribution >= 4 is 15.9 Å². The van der Waals surface area contributed by atoms with Crippen molar-refractivity contribution in [2.75, 3.05) is 13.2 Å². The number of rotatable bonds is 5.